The minimum Gasteiger partial charge on any atom is -0.462 e. The standard InChI is InChI=1S/C41H74NO9P/c1-3-5-6-7-8-9-10-13-17-20-23-26-29-32-40(44)48-36-39(37-50-52(46,47)49-35-34-42)51-41(45)33-30-27-24-21-18-15-12-11-14-16-19-22-25-28-31-38(43)4-2/h12,14-16,21-22,24-25,38-39,43H,3-11,13,17-20,23,26-37,42H2,1-2H3,(H,46,47). The largest absolute Gasteiger partial charge is 0.472 e. The van der Waals surface area contributed by atoms with E-state index in [9.17, 15) is 24.2 Å². The molecule has 0 aromatic carbocycles. The quantitative estimate of drug-likeness (QED) is 0.0241. The van der Waals surface area contributed by atoms with Crippen LogP contribution in [0.15, 0.2) is 48.6 Å². The fourth-order valence-electron chi connectivity index (χ4n) is 5.19. The number of hydrogen-bond donors (Lipinski definition) is 3. The van der Waals surface area contributed by atoms with Gasteiger partial charge in [-0.25, -0.2) is 4.57 Å². The van der Waals surface area contributed by atoms with Crippen LogP contribution in [0, 0.1) is 0 Å². The van der Waals surface area contributed by atoms with Gasteiger partial charge in [-0.3, -0.25) is 18.6 Å². The first-order chi connectivity index (χ1) is 25.2. The average molecular weight is 756 g/mol. The fraction of sp³-hybridized carbons (Fsp3) is 0.756. The van der Waals surface area contributed by atoms with Crippen LogP contribution in [0.3, 0.4) is 0 Å². The first-order valence-corrected chi connectivity index (χ1v) is 21.7. The molecule has 0 aromatic heterocycles. The van der Waals surface area contributed by atoms with Gasteiger partial charge in [0, 0.05) is 19.4 Å². The molecule has 0 radical (unpaired) electrons. The number of phosphoric acid groups is 1. The topological polar surface area (TPSA) is 155 Å². The number of nitrogens with two attached hydrogens (primary N) is 1. The highest BCUT2D eigenvalue weighted by Crippen LogP contribution is 2.43. The Hall–Kier alpha value is -2.07. The first kappa shape index (κ1) is 49.9. The summed E-state index contributed by atoms with van der Waals surface area (Å²) < 4.78 is 32.6. The predicted octanol–water partition coefficient (Wildman–Crippen LogP) is 10.1. The van der Waals surface area contributed by atoms with Crippen molar-refractivity contribution in [1.29, 1.82) is 0 Å². The zero-order valence-electron chi connectivity index (χ0n) is 32.6. The van der Waals surface area contributed by atoms with Crippen LogP contribution in [0.2, 0.25) is 0 Å². The van der Waals surface area contributed by atoms with Crippen LogP contribution >= 0.6 is 7.82 Å². The number of phosphoric ester groups is 1. The molecule has 302 valence electrons. The zero-order valence-corrected chi connectivity index (χ0v) is 33.5. The van der Waals surface area contributed by atoms with Gasteiger partial charge in [0.2, 0.25) is 0 Å². The Labute approximate surface area is 316 Å². The molecule has 4 N–H and O–H groups in total. The minimum atomic E-state index is -4.39. The minimum absolute atomic E-state index is 0.0383. The van der Waals surface area contributed by atoms with Crippen LogP contribution in [0.5, 0.6) is 0 Å². The second-order valence-corrected chi connectivity index (χ2v) is 14.8. The van der Waals surface area contributed by atoms with Gasteiger partial charge in [0.1, 0.15) is 6.61 Å². The number of allylic oxidation sites excluding steroid dienone is 8. The van der Waals surface area contributed by atoms with Crippen molar-refractivity contribution in [1.82, 2.24) is 0 Å². The van der Waals surface area contributed by atoms with Crippen LogP contribution < -0.4 is 5.73 Å². The van der Waals surface area contributed by atoms with Crippen LogP contribution in [0.1, 0.15) is 162 Å². The number of ether oxygens (including phenoxy) is 2. The Morgan fingerprint density at radius 1 is 0.654 bits per heavy atom. The van der Waals surface area contributed by atoms with Gasteiger partial charge in [-0.05, 0) is 57.8 Å². The van der Waals surface area contributed by atoms with Gasteiger partial charge in [-0.15, -0.1) is 0 Å². The smallest absolute Gasteiger partial charge is 0.462 e. The molecule has 3 unspecified atom stereocenters. The van der Waals surface area contributed by atoms with Gasteiger partial charge in [-0.2, -0.15) is 0 Å². The van der Waals surface area contributed by atoms with Crippen molar-refractivity contribution in [2.45, 2.75) is 174 Å². The van der Waals surface area contributed by atoms with E-state index in [1.54, 1.807) is 0 Å². The van der Waals surface area contributed by atoms with E-state index in [-0.39, 0.29) is 38.7 Å². The molecule has 0 heterocycles. The van der Waals surface area contributed by atoms with Crippen LogP contribution in [0.25, 0.3) is 0 Å². The highest BCUT2D eigenvalue weighted by molar-refractivity contribution is 7.47. The van der Waals surface area contributed by atoms with Crippen molar-refractivity contribution in [3.8, 4) is 0 Å². The number of rotatable bonds is 37. The average Bonchev–Trinajstić information content (AvgIpc) is 3.13. The van der Waals surface area contributed by atoms with Crippen LogP contribution in [-0.2, 0) is 32.7 Å². The van der Waals surface area contributed by atoms with E-state index in [0.29, 0.717) is 12.8 Å². The van der Waals surface area contributed by atoms with Crippen molar-refractivity contribution in [2.75, 3.05) is 26.4 Å². The second-order valence-electron chi connectivity index (χ2n) is 13.3. The Morgan fingerprint density at radius 3 is 1.69 bits per heavy atom. The van der Waals surface area contributed by atoms with E-state index in [1.165, 1.54) is 64.2 Å². The number of unbranched alkanes of at least 4 members (excludes halogenated alkanes) is 13. The lowest BCUT2D eigenvalue weighted by Crippen LogP contribution is -2.29. The van der Waals surface area contributed by atoms with Gasteiger partial charge in [-0.1, -0.05) is 140 Å². The molecule has 52 heavy (non-hydrogen) atoms. The first-order valence-electron chi connectivity index (χ1n) is 20.2. The van der Waals surface area contributed by atoms with E-state index in [0.717, 1.165) is 57.8 Å². The molecule has 0 saturated heterocycles. The SMILES string of the molecule is CCCCCCCCCCCCCCCC(=O)OCC(COP(=O)(O)OCCN)OC(=O)CCCC=CCC=CCC=CCC=CCCC(O)CC. The number of carbonyl (C=O) groups excluding carboxylic acids is 2. The molecule has 0 aliphatic heterocycles. The highest BCUT2D eigenvalue weighted by Gasteiger charge is 2.25. The summed E-state index contributed by atoms with van der Waals surface area (Å²) in [5.41, 5.74) is 5.33. The number of carbonyl (C=O) groups is 2. The third-order valence-electron chi connectivity index (χ3n) is 8.38. The molecule has 0 spiro atoms. The monoisotopic (exact) mass is 756 g/mol. The Morgan fingerprint density at radius 2 is 1.15 bits per heavy atom. The van der Waals surface area contributed by atoms with Crippen molar-refractivity contribution in [3.63, 3.8) is 0 Å². The molecule has 0 fully saturated rings. The van der Waals surface area contributed by atoms with E-state index in [4.69, 9.17) is 24.3 Å². The molecule has 3 atom stereocenters. The summed E-state index contributed by atoms with van der Waals surface area (Å²) in [6.45, 7) is 3.36. The molecule has 0 bridgehead atoms. The molecule has 10 nitrogen and oxygen atoms in total. The summed E-state index contributed by atoms with van der Waals surface area (Å²) in [6, 6.07) is 0. The number of hydrogen-bond acceptors (Lipinski definition) is 9. The molecular weight excluding hydrogens is 681 g/mol. The Balaban J connectivity index is 4.31. The summed E-state index contributed by atoms with van der Waals surface area (Å²) in [4.78, 5) is 34.7. The third-order valence-corrected chi connectivity index (χ3v) is 9.37. The van der Waals surface area contributed by atoms with E-state index in [1.807, 2.05) is 19.1 Å². The highest BCUT2D eigenvalue weighted by atomic mass is 31.2. The maximum absolute atomic E-state index is 12.5. The van der Waals surface area contributed by atoms with E-state index < -0.39 is 32.5 Å². The summed E-state index contributed by atoms with van der Waals surface area (Å²) >= 11 is 0. The van der Waals surface area contributed by atoms with Gasteiger partial charge >= 0.3 is 19.8 Å². The molecule has 0 rings (SSSR count). The Bertz CT molecular complexity index is 1010. The van der Waals surface area contributed by atoms with E-state index in [2.05, 4.69) is 43.4 Å². The molecule has 0 aliphatic carbocycles. The molecule has 0 aliphatic rings. The fourth-order valence-corrected chi connectivity index (χ4v) is 5.96. The van der Waals surface area contributed by atoms with Crippen molar-refractivity contribution < 1.29 is 42.7 Å². The summed E-state index contributed by atoms with van der Waals surface area (Å²) in [7, 11) is -4.39. The molecule has 0 aromatic rings. The van der Waals surface area contributed by atoms with E-state index >= 15 is 0 Å². The number of aliphatic hydroxyl groups is 1. The van der Waals surface area contributed by atoms with Crippen molar-refractivity contribution in [3.05, 3.63) is 48.6 Å². The van der Waals surface area contributed by atoms with Gasteiger partial charge < -0.3 is 25.2 Å². The summed E-state index contributed by atoms with van der Waals surface area (Å²) in [5.74, 6) is -0.913. The summed E-state index contributed by atoms with van der Waals surface area (Å²) in [5, 5.41) is 9.55. The predicted molar refractivity (Wildman–Crippen MR) is 212 cm³/mol. The maximum Gasteiger partial charge on any atom is 0.472 e. The van der Waals surface area contributed by atoms with Gasteiger partial charge in [0.25, 0.3) is 0 Å². The van der Waals surface area contributed by atoms with Crippen LogP contribution in [0.4, 0.5) is 0 Å². The van der Waals surface area contributed by atoms with Crippen molar-refractivity contribution in [2.24, 2.45) is 5.73 Å². The maximum atomic E-state index is 12.5. The van der Waals surface area contributed by atoms with Crippen LogP contribution in [-0.4, -0.2) is 60.5 Å². The lowest BCUT2D eigenvalue weighted by Gasteiger charge is -2.19. The second kappa shape index (κ2) is 37.3. The van der Waals surface area contributed by atoms with Gasteiger partial charge in [0.05, 0.1) is 19.3 Å². The Kier molecular flexibility index (Phi) is 35.8. The normalized spacial score (nSPS) is 14.5. The molecule has 0 amide bonds. The zero-order chi connectivity index (χ0) is 38.4. The number of esters is 2. The third kappa shape index (κ3) is 36.3. The number of aliphatic hydroxyl groups excluding tert-OH is 1. The van der Waals surface area contributed by atoms with Gasteiger partial charge in [0.15, 0.2) is 6.10 Å². The molecule has 0 saturated carbocycles. The lowest BCUT2D eigenvalue weighted by atomic mass is 10.0. The van der Waals surface area contributed by atoms with Crippen molar-refractivity contribution >= 4 is 19.8 Å². The molecular formula is C41H74NO9P. The lowest BCUT2D eigenvalue weighted by molar-refractivity contribution is -0.161. The molecule has 11 heteroatoms. The summed E-state index contributed by atoms with van der Waals surface area (Å²) in [6.07, 6.45) is 38.0.